The standard InChI is InChI=1S/C8H14O6S/c1-3(10)8(15)7(13)6(12)5(11)4(2-9)14-8/h4-7,9,11-13,15H,2H2,1H3/t4-,5-,6+,7-,8+/m1/s1. The predicted molar refractivity (Wildman–Crippen MR) is 52.4 cm³/mol. The lowest BCUT2D eigenvalue weighted by Gasteiger charge is -2.44. The monoisotopic (exact) mass is 238 g/mol. The molecular formula is C8H14O6S. The first-order valence-corrected chi connectivity index (χ1v) is 4.85. The van der Waals surface area contributed by atoms with E-state index in [0.717, 1.165) is 6.92 Å². The number of aliphatic hydroxyl groups is 4. The number of ether oxygens (including phenoxy) is 1. The molecule has 0 unspecified atom stereocenters. The van der Waals surface area contributed by atoms with Crippen LogP contribution >= 0.6 is 12.6 Å². The van der Waals surface area contributed by atoms with Gasteiger partial charge in [0, 0.05) is 0 Å². The van der Waals surface area contributed by atoms with Crippen LogP contribution in [0.15, 0.2) is 0 Å². The molecule has 1 aliphatic heterocycles. The second-order valence-electron chi connectivity index (χ2n) is 3.52. The minimum absolute atomic E-state index is 0.583. The first-order valence-electron chi connectivity index (χ1n) is 4.41. The van der Waals surface area contributed by atoms with Gasteiger partial charge in [-0.15, -0.1) is 12.6 Å². The lowest BCUT2D eigenvalue weighted by Crippen LogP contribution is -2.65. The molecule has 1 fully saturated rings. The molecule has 0 aromatic rings. The van der Waals surface area contributed by atoms with Crippen LogP contribution in [0.5, 0.6) is 0 Å². The van der Waals surface area contributed by atoms with Gasteiger partial charge in [0.15, 0.2) is 10.7 Å². The van der Waals surface area contributed by atoms with Crippen molar-refractivity contribution in [2.45, 2.75) is 36.3 Å². The number of rotatable bonds is 2. The van der Waals surface area contributed by atoms with Crippen LogP contribution in [0.4, 0.5) is 0 Å². The Kier molecular flexibility index (Phi) is 3.75. The highest BCUT2D eigenvalue weighted by Crippen LogP contribution is 2.33. The van der Waals surface area contributed by atoms with Gasteiger partial charge < -0.3 is 25.2 Å². The topological polar surface area (TPSA) is 107 Å². The summed E-state index contributed by atoms with van der Waals surface area (Å²) in [5.74, 6) is -0.609. The highest BCUT2D eigenvalue weighted by Gasteiger charge is 2.54. The fourth-order valence-electron chi connectivity index (χ4n) is 1.44. The van der Waals surface area contributed by atoms with E-state index in [1.165, 1.54) is 0 Å². The van der Waals surface area contributed by atoms with Crippen molar-refractivity contribution in [3.05, 3.63) is 0 Å². The van der Waals surface area contributed by atoms with Crippen molar-refractivity contribution >= 4 is 18.4 Å². The van der Waals surface area contributed by atoms with Gasteiger partial charge in [-0.25, -0.2) is 0 Å². The number of aliphatic hydroxyl groups excluding tert-OH is 4. The Balaban J connectivity index is 2.97. The van der Waals surface area contributed by atoms with Crippen molar-refractivity contribution in [1.29, 1.82) is 0 Å². The van der Waals surface area contributed by atoms with Crippen molar-refractivity contribution in [1.82, 2.24) is 0 Å². The van der Waals surface area contributed by atoms with Gasteiger partial charge in [-0.1, -0.05) is 0 Å². The Morgan fingerprint density at radius 1 is 1.40 bits per heavy atom. The minimum Gasteiger partial charge on any atom is -0.394 e. The Morgan fingerprint density at radius 2 is 1.93 bits per heavy atom. The van der Waals surface area contributed by atoms with Gasteiger partial charge in [0.1, 0.15) is 24.4 Å². The van der Waals surface area contributed by atoms with Crippen LogP contribution in [-0.4, -0.2) is 62.2 Å². The van der Waals surface area contributed by atoms with Crippen LogP contribution < -0.4 is 0 Å². The predicted octanol–water partition coefficient (Wildman–Crippen LogP) is -2.32. The molecule has 4 N–H and O–H groups in total. The van der Waals surface area contributed by atoms with Crippen molar-refractivity contribution in [3.8, 4) is 0 Å². The Bertz CT molecular complexity index is 258. The van der Waals surface area contributed by atoms with E-state index >= 15 is 0 Å². The molecule has 0 bridgehead atoms. The van der Waals surface area contributed by atoms with Crippen LogP contribution in [0.25, 0.3) is 0 Å². The molecule has 0 aromatic carbocycles. The van der Waals surface area contributed by atoms with Gasteiger partial charge in [0.2, 0.25) is 0 Å². The molecule has 88 valence electrons. The first-order chi connectivity index (χ1) is 6.84. The second-order valence-corrected chi connectivity index (χ2v) is 4.18. The molecule has 15 heavy (non-hydrogen) atoms. The minimum atomic E-state index is -1.90. The molecule has 5 atom stereocenters. The average molecular weight is 238 g/mol. The summed E-state index contributed by atoms with van der Waals surface area (Å²) < 4.78 is 4.98. The van der Waals surface area contributed by atoms with E-state index in [-0.39, 0.29) is 0 Å². The number of carbonyl (C=O) groups is 1. The van der Waals surface area contributed by atoms with E-state index in [2.05, 4.69) is 12.6 Å². The van der Waals surface area contributed by atoms with E-state index in [9.17, 15) is 20.1 Å². The summed E-state index contributed by atoms with van der Waals surface area (Å²) in [4.78, 5) is 9.31. The van der Waals surface area contributed by atoms with Gasteiger partial charge in [-0.2, -0.15) is 0 Å². The molecule has 0 saturated carbocycles. The van der Waals surface area contributed by atoms with Crippen molar-refractivity contribution < 1.29 is 30.0 Å². The van der Waals surface area contributed by atoms with Crippen molar-refractivity contribution in [3.63, 3.8) is 0 Å². The Hall–Kier alpha value is -0.180. The molecule has 1 rings (SSSR count). The molecule has 1 saturated heterocycles. The van der Waals surface area contributed by atoms with Crippen molar-refractivity contribution in [2.75, 3.05) is 6.61 Å². The average Bonchev–Trinajstić information content (AvgIpc) is 2.20. The largest absolute Gasteiger partial charge is 0.394 e. The molecule has 7 heteroatoms. The summed E-state index contributed by atoms with van der Waals surface area (Å²) in [6.45, 7) is 0.551. The van der Waals surface area contributed by atoms with Gasteiger partial charge >= 0.3 is 0 Å². The van der Waals surface area contributed by atoms with E-state index < -0.39 is 41.7 Å². The summed E-state index contributed by atoms with van der Waals surface area (Å²) in [6, 6.07) is 0. The maximum atomic E-state index is 11.2. The molecule has 1 aliphatic rings. The summed E-state index contributed by atoms with van der Waals surface area (Å²) in [6.07, 6.45) is -5.83. The van der Waals surface area contributed by atoms with Gasteiger partial charge in [-0.05, 0) is 6.92 Å². The smallest absolute Gasteiger partial charge is 0.197 e. The number of hydrogen-bond donors (Lipinski definition) is 5. The third-order valence-electron chi connectivity index (χ3n) is 2.47. The zero-order chi connectivity index (χ0) is 11.8. The lowest BCUT2D eigenvalue weighted by atomic mass is 9.93. The fourth-order valence-corrected chi connectivity index (χ4v) is 1.73. The molecule has 0 aromatic heterocycles. The number of carbonyl (C=O) groups excluding carboxylic acids is 1. The summed E-state index contributed by atoms with van der Waals surface area (Å²) >= 11 is 3.85. The molecule has 0 amide bonds. The van der Waals surface area contributed by atoms with Gasteiger partial charge in [0.25, 0.3) is 0 Å². The zero-order valence-electron chi connectivity index (χ0n) is 8.07. The number of ketones is 1. The maximum Gasteiger partial charge on any atom is 0.197 e. The van der Waals surface area contributed by atoms with Crippen molar-refractivity contribution in [2.24, 2.45) is 0 Å². The van der Waals surface area contributed by atoms with E-state index in [1.807, 2.05) is 0 Å². The normalized spacial score (nSPS) is 46.5. The summed E-state index contributed by atoms with van der Waals surface area (Å²) in [7, 11) is 0. The second kappa shape index (κ2) is 4.36. The number of hydrogen-bond acceptors (Lipinski definition) is 7. The third-order valence-corrected chi connectivity index (χ3v) is 3.16. The molecule has 0 aliphatic carbocycles. The van der Waals surface area contributed by atoms with Gasteiger partial charge in [0.05, 0.1) is 6.61 Å². The highest BCUT2D eigenvalue weighted by molar-refractivity contribution is 7.82. The van der Waals surface area contributed by atoms with E-state index in [4.69, 9.17) is 9.84 Å². The van der Waals surface area contributed by atoms with Crippen LogP contribution in [0.3, 0.4) is 0 Å². The van der Waals surface area contributed by atoms with Crippen LogP contribution in [0.2, 0.25) is 0 Å². The molecule has 0 spiro atoms. The highest BCUT2D eigenvalue weighted by atomic mass is 32.1. The van der Waals surface area contributed by atoms with Gasteiger partial charge in [-0.3, -0.25) is 4.79 Å². The molecule has 6 nitrogen and oxygen atoms in total. The number of thiol groups is 1. The fraction of sp³-hybridized carbons (Fsp3) is 0.875. The third kappa shape index (κ3) is 2.03. The van der Waals surface area contributed by atoms with Crippen LogP contribution in [0, 0.1) is 0 Å². The summed E-state index contributed by atoms with van der Waals surface area (Å²) in [5.41, 5.74) is 0. The number of Topliss-reactive ketones (excluding diaryl/α,β-unsaturated/α-hetero) is 1. The van der Waals surface area contributed by atoms with E-state index in [1.54, 1.807) is 0 Å². The molecule has 1 heterocycles. The van der Waals surface area contributed by atoms with Crippen LogP contribution in [-0.2, 0) is 9.53 Å². The zero-order valence-corrected chi connectivity index (χ0v) is 8.96. The lowest BCUT2D eigenvalue weighted by molar-refractivity contribution is -0.235. The maximum absolute atomic E-state index is 11.2. The summed E-state index contributed by atoms with van der Waals surface area (Å²) in [5, 5.41) is 37.2. The van der Waals surface area contributed by atoms with Crippen LogP contribution in [0.1, 0.15) is 6.92 Å². The Labute approximate surface area is 91.9 Å². The van der Waals surface area contributed by atoms with E-state index in [0.29, 0.717) is 0 Å². The molecular weight excluding hydrogens is 224 g/mol. The molecule has 0 radical (unpaired) electrons. The first kappa shape index (κ1) is 12.9. The SMILES string of the molecule is CC(=O)[C@@]1(S)O[C@H](CO)[C@@H](O)[C@H](O)[C@H]1O. The Morgan fingerprint density at radius 3 is 2.33 bits per heavy atom. The quantitative estimate of drug-likeness (QED) is 0.346.